The van der Waals surface area contributed by atoms with Crippen molar-refractivity contribution in [1.29, 1.82) is 0 Å². The number of carboxylic acids is 1. The van der Waals surface area contributed by atoms with Crippen LogP contribution in [-0.2, 0) is 38.0 Å². The highest BCUT2D eigenvalue weighted by molar-refractivity contribution is 5.82. The highest BCUT2D eigenvalue weighted by Crippen LogP contribution is 2.73. The van der Waals surface area contributed by atoms with Gasteiger partial charge < -0.3 is 79.7 Å². The molecule has 7 rings (SSSR count). The Hall–Kier alpha value is -2.14. The monoisotopic (exact) mass is 968 g/mol. The van der Waals surface area contributed by atoms with Crippen LogP contribution in [0.2, 0.25) is 0 Å². The Morgan fingerprint density at radius 3 is 2.04 bits per heavy atom. The Morgan fingerprint density at radius 2 is 1.41 bits per heavy atom. The van der Waals surface area contributed by atoms with E-state index in [9.17, 15) is 55.5 Å². The number of carbonyl (C=O) groups excluding carboxylic acids is 1. The zero-order valence-corrected chi connectivity index (χ0v) is 41.2. The SMILES string of the molecule is C=C(CC[C@@H](C)[C@H]1CC[C@@]2(C(=O)O)C3=C(CC[C@]12C)[C@@]1(C)CC[C@H](O[C@@H]2O[C@H](CO)[C@H](O)[C@H](O[C@@H]4OC[C@H](O)[C@H](O)[C@H]4O)[C@H]2O[C@@H]2O[C@H](CO)[C@@H](O)[C@H](O)[C@H]2NC(C)=O)C(C)(C)[C@H]1CC3)C(C)C. The number of rotatable bonds is 15. The number of aliphatic hydroxyl groups is 8. The topological polar surface area (TPSA) is 284 Å². The minimum Gasteiger partial charge on any atom is -0.481 e. The molecule has 0 aromatic heterocycles. The van der Waals surface area contributed by atoms with Crippen molar-refractivity contribution >= 4 is 11.9 Å². The first-order chi connectivity index (χ1) is 31.9. The van der Waals surface area contributed by atoms with Gasteiger partial charge in [0.1, 0.15) is 67.1 Å². The normalized spacial score (nSPS) is 46.3. The van der Waals surface area contributed by atoms with Gasteiger partial charge in [0, 0.05) is 6.92 Å². The van der Waals surface area contributed by atoms with Crippen molar-refractivity contribution in [3.05, 3.63) is 23.3 Å². The van der Waals surface area contributed by atoms with Crippen LogP contribution in [0, 0.1) is 45.3 Å². The number of ether oxygens (including phenoxy) is 6. The number of carbonyl (C=O) groups is 2. The first kappa shape index (κ1) is 53.7. The predicted molar refractivity (Wildman–Crippen MR) is 243 cm³/mol. The van der Waals surface area contributed by atoms with Gasteiger partial charge in [-0.2, -0.15) is 0 Å². The molecule has 0 aromatic carbocycles. The average Bonchev–Trinajstić information content (AvgIpc) is 3.61. The maximum absolute atomic E-state index is 13.9. The smallest absolute Gasteiger partial charge is 0.314 e. The van der Waals surface area contributed by atoms with Gasteiger partial charge in [-0.25, -0.2) is 0 Å². The van der Waals surface area contributed by atoms with E-state index in [0.29, 0.717) is 43.9 Å². The van der Waals surface area contributed by atoms with Gasteiger partial charge in [0.15, 0.2) is 18.9 Å². The minimum absolute atomic E-state index is 0.0154. The fraction of sp³-hybridized carbons (Fsp3) is 0.880. The number of nitrogens with one attached hydrogen (secondary N) is 1. The molecule has 2 saturated carbocycles. The molecule has 18 nitrogen and oxygen atoms in total. The van der Waals surface area contributed by atoms with E-state index in [0.717, 1.165) is 37.7 Å². The summed E-state index contributed by atoms with van der Waals surface area (Å²) in [6, 6.07) is -1.43. The van der Waals surface area contributed by atoms with Crippen LogP contribution in [0.3, 0.4) is 0 Å². The Balaban J connectivity index is 1.20. The van der Waals surface area contributed by atoms with E-state index < -0.39 is 140 Å². The molecule has 388 valence electrons. The second-order valence-corrected chi connectivity index (χ2v) is 22.7. The van der Waals surface area contributed by atoms with Crippen LogP contribution in [0.5, 0.6) is 0 Å². The molecule has 18 heteroatoms. The number of hydrogen-bond acceptors (Lipinski definition) is 16. The summed E-state index contributed by atoms with van der Waals surface area (Å²) in [5.41, 5.74) is 1.25. The lowest BCUT2D eigenvalue weighted by Crippen LogP contribution is -2.69. The van der Waals surface area contributed by atoms with Crippen molar-refractivity contribution in [1.82, 2.24) is 5.32 Å². The van der Waals surface area contributed by atoms with Crippen LogP contribution in [-0.4, -0.2) is 170 Å². The molecule has 0 spiro atoms. The van der Waals surface area contributed by atoms with Crippen molar-refractivity contribution < 1.29 is 84.0 Å². The fourth-order valence-electron chi connectivity index (χ4n) is 14.3. The molecule has 3 aliphatic heterocycles. The third-order valence-electron chi connectivity index (χ3n) is 18.4. The lowest BCUT2D eigenvalue weighted by molar-refractivity contribution is -0.389. The summed E-state index contributed by atoms with van der Waals surface area (Å²) >= 11 is 0. The number of hydrogen-bond donors (Lipinski definition) is 10. The molecule has 0 bridgehead atoms. The molecule has 0 aromatic rings. The van der Waals surface area contributed by atoms with E-state index in [4.69, 9.17) is 28.4 Å². The van der Waals surface area contributed by atoms with Gasteiger partial charge in [-0.05, 0) is 104 Å². The fourth-order valence-corrected chi connectivity index (χ4v) is 14.3. The third kappa shape index (κ3) is 9.17. The lowest BCUT2D eigenvalue weighted by atomic mass is 9.43. The summed E-state index contributed by atoms with van der Waals surface area (Å²) in [6.45, 7) is 19.0. The second kappa shape index (κ2) is 20.4. The molecule has 3 saturated heterocycles. The van der Waals surface area contributed by atoms with Crippen LogP contribution in [0.4, 0.5) is 0 Å². The van der Waals surface area contributed by atoms with Crippen molar-refractivity contribution in [3.63, 3.8) is 0 Å². The summed E-state index contributed by atoms with van der Waals surface area (Å²) in [7, 11) is 0. The first-order valence-corrected chi connectivity index (χ1v) is 25.0. The Kier molecular flexibility index (Phi) is 16.1. The molecular formula is C50H81NO17. The van der Waals surface area contributed by atoms with E-state index in [2.05, 4.69) is 60.4 Å². The largest absolute Gasteiger partial charge is 0.481 e. The standard InChI is InChI=1S/C50H81NO17/c1-23(2)24(3)10-11-25(4)27-15-19-50(46(61)62)29-12-13-33-47(6,7)34(16-17-48(33,8)28(29)14-18-49(27,50)9)66-45-42(68-43-35(51-26(5)54)39(59)37(57)31(20-52)64-43)41(38(58)32(21-53)65-45)67-44-40(60)36(56)30(55)22-63-44/h23,25,27,30-45,52-53,55-60H,3,10-22H2,1-2,4-9H3,(H,51,54)(H,61,62)/t25-,27-,30+,31-,32-,33-,34+,35-,36+,37-,38+,39-,40-,41+,42-,43+,44+,45+,48-,49-,50+/m1/s1. The predicted octanol–water partition coefficient (Wildman–Crippen LogP) is 2.05. The molecular weight excluding hydrogens is 887 g/mol. The number of aliphatic hydroxyl groups excluding tert-OH is 8. The Bertz CT molecular complexity index is 1860. The Labute approximate surface area is 400 Å². The molecule has 0 unspecified atom stereocenters. The van der Waals surface area contributed by atoms with E-state index in [1.54, 1.807) is 0 Å². The Morgan fingerprint density at radius 1 is 0.765 bits per heavy atom. The van der Waals surface area contributed by atoms with Crippen LogP contribution in [0.25, 0.3) is 0 Å². The highest BCUT2D eigenvalue weighted by atomic mass is 16.8. The molecule has 5 fully saturated rings. The van der Waals surface area contributed by atoms with Crippen molar-refractivity contribution in [2.45, 2.75) is 212 Å². The van der Waals surface area contributed by atoms with Gasteiger partial charge in [0.05, 0.1) is 31.3 Å². The van der Waals surface area contributed by atoms with Gasteiger partial charge in [0.2, 0.25) is 5.91 Å². The summed E-state index contributed by atoms with van der Waals surface area (Å²) in [4.78, 5) is 26.4. The molecule has 21 atom stereocenters. The van der Waals surface area contributed by atoms with Crippen LogP contribution >= 0.6 is 0 Å². The number of allylic oxidation sites excluding steroid dienone is 2. The van der Waals surface area contributed by atoms with Crippen LogP contribution < -0.4 is 5.32 Å². The van der Waals surface area contributed by atoms with Gasteiger partial charge >= 0.3 is 5.97 Å². The number of fused-ring (bicyclic) bond motifs is 4. The molecule has 7 aliphatic rings. The van der Waals surface area contributed by atoms with Crippen molar-refractivity contribution in [3.8, 4) is 0 Å². The quantitative estimate of drug-likeness (QED) is 0.105. The van der Waals surface area contributed by atoms with Crippen LogP contribution in [0.1, 0.15) is 120 Å². The van der Waals surface area contributed by atoms with Gasteiger partial charge in [-0.1, -0.05) is 71.8 Å². The van der Waals surface area contributed by atoms with Gasteiger partial charge in [-0.3, -0.25) is 9.59 Å². The number of carboxylic acid groups (broad SMARTS) is 1. The van der Waals surface area contributed by atoms with Crippen molar-refractivity contribution in [2.24, 2.45) is 45.3 Å². The van der Waals surface area contributed by atoms with E-state index in [1.165, 1.54) is 18.1 Å². The molecule has 68 heavy (non-hydrogen) atoms. The van der Waals surface area contributed by atoms with Gasteiger partial charge in [-0.15, -0.1) is 0 Å². The summed E-state index contributed by atoms with van der Waals surface area (Å²) in [5, 5.41) is 100. The molecule has 1 amide bonds. The molecule has 3 heterocycles. The number of aliphatic carboxylic acids is 1. The summed E-state index contributed by atoms with van der Waals surface area (Å²) in [5.74, 6) is -0.318. The van der Waals surface area contributed by atoms with E-state index in [-0.39, 0.29) is 17.3 Å². The number of amides is 1. The van der Waals surface area contributed by atoms with E-state index >= 15 is 0 Å². The molecule has 0 radical (unpaired) electrons. The second-order valence-electron chi connectivity index (χ2n) is 22.7. The van der Waals surface area contributed by atoms with Crippen LogP contribution in [0.15, 0.2) is 23.3 Å². The van der Waals surface area contributed by atoms with Gasteiger partial charge in [0.25, 0.3) is 0 Å². The summed E-state index contributed by atoms with van der Waals surface area (Å²) in [6.07, 6.45) is -13.8. The van der Waals surface area contributed by atoms with E-state index in [1.807, 2.05) is 0 Å². The minimum atomic E-state index is -1.80. The summed E-state index contributed by atoms with van der Waals surface area (Å²) < 4.78 is 37.5. The maximum Gasteiger partial charge on any atom is 0.314 e. The lowest BCUT2D eigenvalue weighted by Gasteiger charge is -2.62. The molecule has 4 aliphatic carbocycles. The third-order valence-corrected chi connectivity index (χ3v) is 18.4. The zero-order chi connectivity index (χ0) is 50.0. The van der Waals surface area contributed by atoms with Crippen molar-refractivity contribution in [2.75, 3.05) is 19.8 Å². The highest BCUT2D eigenvalue weighted by Gasteiger charge is 2.69. The average molecular weight is 968 g/mol. The molecule has 10 N–H and O–H groups in total. The maximum atomic E-state index is 13.9. The first-order valence-electron chi connectivity index (χ1n) is 25.0. The zero-order valence-electron chi connectivity index (χ0n) is 41.2.